The number of ether oxygens (including phenoxy) is 2. The Bertz CT molecular complexity index is 1200. The number of fused-ring (bicyclic) bond motifs is 1. The smallest absolute Gasteiger partial charge is 0.218 e. The van der Waals surface area contributed by atoms with E-state index in [-0.39, 0.29) is 18.2 Å². The minimum absolute atomic E-state index is 0.186. The third-order valence-corrected chi connectivity index (χ3v) is 5.54. The van der Waals surface area contributed by atoms with Crippen molar-refractivity contribution in [2.24, 2.45) is 12.8 Å². The highest BCUT2D eigenvalue weighted by Crippen LogP contribution is 2.38. The Morgan fingerprint density at radius 1 is 1.00 bits per heavy atom. The van der Waals surface area contributed by atoms with Crippen LogP contribution in [0.25, 0.3) is 10.9 Å². The molecule has 5 nitrogen and oxygen atoms in total. The predicted octanol–water partition coefficient (Wildman–Crippen LogP) is 4.77. The van der Waals surface area contributed by atoms with Gasteiger partial charge in [0.15, 0.2) is 11.5 Å². The van der Waals surface area contributed by atoms with E-state index < -0.39 is 0 Å². The summed E-state index contributed by atoms with van der Waals surface area (Å²) >= 11 is 0. The molecular weight excluding hydrogens is 388 g/mol. The van der Waals surface area contributed by atoms with Crippen LogP contribution in [-0.2, 0) is 18.4 Å². The number of benzene rings is 3. The zero-order valence-electron chi connectivity index (χ0n) is 17.7. The van der Waals surface area contributed by atoms with Crippen LogP contribution < -0.4 is 15.2 Å². The van der Waals surface area contributed by atoms with Gasteiger partial charge in [-0.05, 0) is 34.9 Å². The Morgan fingerprint density at radius 2 is 1.74 bits per heavy atom. The summed E-state index contributed by atoms with van der Waals surface area (Å²) in [6, 6.07) is 24.0. The Morgan fingerprint density at radius 3 is 2.48 bits per heavy atom. The maximum Gasteiger partial charge on any atom is 0.218 e. The second kappa shape index (κ2) is 8.96. The first kappa shape index (κ1) is 20.5. The summed E-state index contributed by atoms with van der Waals surface area (Å²) in [5.41, 5.74) is 9.85. The second-order valence-electron chi connectivity index (χ2n) is 7.62. The molecule has 0 aliphatic carbocycles. The van der Waals surface area contributed by atoms with E-state index in [9.17, 15) is 4.79 Å². The van der Waals surface area contributed by atoms with E-state index in [2.05, 4.69) is 22.9 Å². The summed E-state index contributed by atoms with van der Waals surface area (Å²) < 4.78 is 13.7. The Balaban J connectivity index is 1.74. The summed E-state index contributed by atoms with van der Waals surface area (Å²) in [6.45, 7) is 0.426. The van der Waals surface area contributed by atoms with Crippen molar-refractivity contribution in [2.45, 2.75) is 18.9 Å². The normalized spacial score (nSPS) is 11.9. The summed E-state index contributed by atoms with van der Waals surface area (Å²) in [6.07, 6.45) is 2.28. The molecule has 0 aliphatic heterocycles. The van der Waals surface area contributed by atoms with Gasteiger partial charge in [0.1, 0.15) is 6.61 Å². The maximum atomic E-state index is 12.0. The fourth-order valence-corrected chi connectivity index (χ4v) is 4.02. The van der Waals surface area contributed by atoms with Crippen LogP contribution >= 0.6 is 0 Å². The topological polar surface area (TPSA) is 66.5 Å². The van der Waals surface area contributed by atoms with Crippen LogP contribution in [0.5, 0.6) is 11.5 Å². The number of carbonyl (C=O) groups is 1. The molecule has 4 rings (SSSR count). The SMILES string of the molecule is COc1ccc([C@@H](CC(N)=O)c2cn(C)c3ccccc23)cc1OCc1ccccc1. The number of nitrogens with zero attached hydrogens (tertiary/aromatic N) is 1. The van der Waals surface area contributed by atoms with Gasteiger partial charge in [-0.3, -0.25) is 4.79 Å². The first-order chi connectivity index (χ1) is 15.1. The van der Waals surface area contributed by atoms with Crippen molar-refractivity contribution in [3.05, 3.63) is 95.7 Å². The van der Waals surface area contributed by atoms with Crippen LogP contribution in [0.3, 0.4) is 0 Å². The summed E-state index contributed by atoms with van der Waals surface area (Å²) in [5.74, 6) is 0.753. The molecule has 1 amide bonds. The molecule has 3 aromatic carbocycles. The molecule has 0 aliphatic rings. The molecule has 31 heavy (non-hydrogen) atoms. The lowest BCUT2D eigenvalue weighted by atomic mass is 9.88. The van der Waals surface area contributed by atoms with E-state index >= 15 is 0 Å². The van der Waals surface area contributed by atoms with Gasteiger partial charge in [-0.25, -0.2) is 0 Å². The molecule has 0 bridgehead atoms. The zero-order valence-corrected chi connectivity index (χ0v) is 17.7. The van der Waals surface area contributed by atoms with E-state index in [4.69, 9.17) is 15.2 Å². The van der Waals surface area contributed by atoms with Crippen LogP contribution in [0.15, 0.2) is 79.0 Å². The Kier molecular flexibility index (Phi) is 5.94. The number of rotatable bonds is 8. The number of methoxy groups -OCH3 is 1. The summed E-state index contributed by atoms with van der Waals surface area (Å²) in [7, 11) is 3.63. The van der Waals surface area contributed by atoms with Crippen molar-refractivity contribution in [3.8, 4) is 11.5 Å². The van der Waals surface area contributed by atoms with Crippen LogP contribution in [-0.4, -0.2) is 17.6 Å². The highest BCUT2D eigenvalue weighted by Gasteiger charge is 2.22. The second-order valence-corrected chi connectivity index (χ2v) is 7.62. The van der Waals surface area contributed by atoms with Crippen molar-refractivity contribution >= 4 is 16.8 Å². The molecule has 0 fully saturated rings. The van der Waals surface area contributed by atoms with E-state index in [0.717, 1.165) is 27.6 Å². The number of aryl methyl sites for hydroxylation is 1. The number of carbonyl (C=O) groups excluding carboxylic acids is 1. The molecule has 0 saturated carbocycles. The zero-order chi connectivity index (χ0) is 21.8. The van der Waals surface area contributed by atoms with Crippen LogP contribution in [0.1, 0.15) is 29.0 Å². The molecule has 4 aromatic rings. The first-order valence-corrected chi connectivity index (χ1v) is 10.2. The van der Waals surface area contributed by atoms with E-state index in [1.54, 1.807) is 7.11 Å². The van der Waals surface area contributed by atoms with Crippen LogP contribution in [0.2, 0.25) is 0 Å². The molecule has 1 aromatic heterocycles. The molecule has 158 valence electrons. The number of hydrogen-bond donors (Lipinski definition) is 1. The van der Waals surface area contributed by atoms with Gasteiger partial charge in [0, 0.05) is 36.5 Å². The number of hydrogen-bond acceptors (Lipinski definition) is 3. The fraction of sp³-hybridized carbons (Fsp3) is 0.192. The third kappa shape index (κ3) is 4.40. The van der Waals surface area contributed by atoms with Gasteiger partial charge in [0.05, 0.1) is 7.11 Å². The molecule has 1 heterocycles. The van der Waals surface area contributed by atoms with Crippen molar-refractivity contribution in [1.29, 1.82) is 0 Å². The maximum absolute atomic E-state index is 12.0. The average molecular weight is 415 g/mol. The highest BCUT2D eigenvalue weighted by molar-refractivity contribution is 5.86. The minimum Gasteiger partial charge on any atom is -0.493 e. The number of primary amides is 1. The third-order valence-electron chi connectivity index (χ3n) is 5.54. The summed E-state index contributed by atoms with van der Waals surface area (Å²) in [5, 5.41) is 1.11. The van der Waals surface area contributed by atoms with Gasteiger partial charge < -0.3 is 19.8 Å². The molecule has 2 N–H and O–H groups in total. The molecule has 0 saturated heterocycles. The van der Waals surface area contributed by atoms with Gasteiger partial charge in [-0.1, -0.05) is 54.6 Å². The van der Waals surface area contributed by atoms with Crippen molar-refractivity contribution in [1.82, 2.24) is 4.57 Å². The number of amides is 1. The lowest BCUT2D eigenvalue weighted by Crippen LogP contribution is -2.16. The van der Waals surface area contributed by atoms with Crippen molar-refractivity contribution in [3.63, 3.8) is 0 Å². The molecule has 0 spiro atoms. The lowest BCUT2D eigenvalue weighted by molar-refractivity contribution is -0.118. The monoisotopic (exact) mass is 414 g/mol. The lowest BCUT2D eigenvalue weighted by Gasteiger charge is -2.18. The van der Waals surface area contributed by atoms with E-state index in [0.29, 0.717) is 18.1 Å². The molecular formula is C26H26N2O3. The van der Waals surface area contributed by atoms with E-state index in [1.165, 1.54) is 0 Å². The predicted molar refractivity (Wildman–Crippen MR) is 122 cm³/mol. The quantitative estimate of drug-likeness (QED) is 0.451. The highest BCUT2D eigenvalue weighted by atomic mass is 16.5. The fourth-order valence-electron chi connectivity index (χ4n) is 4.02. The Labute approximate surface area is 182 Å². The molecule has 0 radical (unpaired) electrons. The van der Waals surface area contributed by atoms with Gasteiger partial charge in [0.25, 0.3) is 0 Å². The standard InChI is InChI=1S/C26H26N2O3/c1-28-16-22(20-10-6-7-11-23(20)28)21(15-26(27)29)19-12-13-24(30-2)25(14-19)31-17-18-8-4-3-5-9-18/h3-14,16,21H,15,17H2,1-2H3,(H2,27,29)/t21-/m1/s1. The van der Waals surface area contributed by atoms with Crippen LogP contribution in [0.4, 0.5) is 0 Å². The minimum atomic E-state index is -0.347. The molecule has 1 atom stereocenters. The van der Waals surface area contributed by atoms with E-state index in [1.807, 2.05) is 67.7 Å². The van der Waals surface area contributed by atoms with Crippen LogP contribution in [0, 0.1) is 0 Å². The number of para-hydroxylation sites is 1. The van der Waals surface area contributed by atoms with Gasteiger partial charge in [0.2, 0.25) is 5.91 Å². The molecule has 5 heteroatoms. The van der Waals surface area contributed by atoms with Gasteiger partial charge in [-0.15, -0.1) is 0 Å². The van der Waals surface area contributed by atoms with Crippen molar-refractivity contribution < 1.29 is 14.3 Å². The van der Waals surface area contributed by atoms with Gasteiger partial charge >= 0.3 is 0 Å². The average Bonchev–Trinajstić information content (AvgIpc) is 3.13. The van der Waals surface area contributed by atoms with Crippen molar-refractivity contribution in [2.75, 3.05) is 7.11 Å². The number of nitrogens with two attached hydrogens (primary N) is 1. The Hall–Kier alpha value is -3.73. The number of aromatic nitrogens is 1. The molecule has 0 unspecified atom stereocenters. The largest absolute Gasteiger partial charge is 0.493 e. The summed E-state index contributed by atoms with van der Waals surface area (Å²) in [4.78, 5) is 12.0. The van der Waals surface area contributed by atoms with Gasteiger partial charge in [-0.2, -0.15) is 0 Å². The first-order valence-electron chi connectivity index (χ1n) is 10.2.